The normalized spacial score (nSPS) is 8.81. The molecule has 0 aliphatic carbocycles. The van der Waals surface area contributed by atoms with Crippen LogP contribution in [0.3, 0.4) is 0 Å². The molecule has 0 spiro atoms. The molecule has 172 valence electrons. The average molecular weight is 615 g/mol. The molecule has 0 aromatic heterocycles. The molecular formula is C12H10Fe3Na3O14-3. The minimum absolute atomic E-state index is 0. The molecule has 0 heterocycles. The number of carboxylic acids is 6. The molecule has 0 aliphatic rings. The van der Waals surface area contributed by atoms with Gasteiger partial charge in [-0.3, -0.25) is 0 Å². The summed E-state index contributed by atoms with van der Waals surface area (Å²) in [4.78, 5) is 60.0. The number of carbonyl (C=O) groups excluding carboxylic acids is 6. The molecule has 0 aromatic rings. The molecule has 0 fully saturated rings. The van der Waals surface area contributed by atoms with Crippen molar-refractivity contribution in [2.75, 3.05) is 0 Å². The molecule has 0 aliphatic heterocycles. The van der Waals surface area contributed by atoms with E-state index in [2.05, 4.69) is 0 Å². The summed E-state index contributed by atoms with van der Waals surface area (Å²) < 4.78 is 0. The van der Waals surface area contributed by atoms with E-state index in [1.807, 2.05) is 0 Å². The second kappa shape index (κ2) is 25.4. The molecule has 0 unspecified atom stereocenters. The van der Waals surface area contributed by atoms with E-state index in [9.17, 15) is 59.4 Å². The van der Waals surface area contributed by atoms with E-state index in [4.69, 9.17) is 10.2 Å². The van der Waals surface area contributed by atoms with E-state index in [-0.39, 0.29) is 140 Å². The van der Waals surface area contributed by atoms with E-state index in [1.165, 1.54) is 0 Å². The molecule has 0 amide bonds. The van der Waals surface area contributed by atoms with Gasteiger partial charge in [-0.15, -0.1) is 0 Å². The summed E-state index contributed by atoms with van der Waals surface area (Å²) in [5, 5.41) is 77.9. The SMILES string of the molecule is O=C([O-])CC(O)(CC(=O)[O-])C(=O)[O-].O=C([O-])CC(O)(CC(=O)[O-])C(=O)[O-].[Fe].[Fe].[Fe].[Na+].[Na+].[Na+]. The molecule has 14 nitrogen and oxygen atoms in total. The Labute approximate surface area is 278 Å². The fraction of sp³-hybridized carbons (Fsp3) is 0.500. The minimum Gasteiger partial charge on any atom is -0.550 e. The van der Waals surface area contributed by atoms with Crippen LogP contribution in [0.25, 0.3) is 0 Å². The van der Waals surface area contributed by atoms with Crippen molar-refractivity contribution >= 4 is 35.8 Å². The fourth-order valence-electron chi connectivity index (χ4n) is 1.37. The van der Waals surface area contributed by atoms with Crippen molar-refractivity contribution in [3.8, 4) is 0 Å². The van der Waals surface area contributed by atoms with E-state index >= 15 is 0 Å². The molecule has 0 atom stereocenters. The summed E-state index contributed by atoms with van der Waals surface area (Å²) in [7, 11) is 0. The molecule has 0 bridgehead atoms. The van der Waals surface area contributed by atoms with Crippen LogP contribution in [0.1, 0.15) is 25.7 Å². The van der Waals surface area contributed by atoms with Crippen molar-refractivity contribution < 1.29 is 209 Å². The average Bonchev–Trinajstić information content (AvgIpc) is 2.34. The van der Waals surface area contributed by atoms with Crippen LogP contribution >= 0.6 is 0 Å². The number of hydrogen-bond donors (Lipinski definition) is 2. The summed E-state index contributed by atoms with van der Waals surface area (Å²) in [6.45, 7) is 0. The first-order valence-corrected chi connectivity index (χ1v) is 6.23. The topological polar surface area (TPSA) is 281 Å². The quantitative estimate of drug-likeness (QED) is 0.216. The van der Waals surface area contributed by atoms with E-state index in [1.54, 1.807) is 0 Å². The zero-order chi connectivity index (χ0) is 21.3. The molecule has 0 radical (unpaired) electrons. The maximum Gasteiger partial charge on any atom is 1.00 e. The number of aliphatic hydroxyl groups is 2. The first-order chi connectivity index (χ1) is 11.6. The number of carboxylic acid groups (broad SMARTS) is 6. The molecule has 0 saturated carbocycles. The van der Waals surface area contributed by atoms with Crippen LogP contribution in [0, 0.1) is 0 Å². The van der Waals surface area contributed by atoms with Gasteiger partial charge in [-0.1, -0.05) is 0 Å². The summed E-state index contributed by atoms with van der Waals surface area (Å²) in [6, 6.07) is 0. The third kappa shape index (κ3) is 25.9. The smallest absolute Gasteiger partial charge is 0.550 e. The van der Waals surface area contributed by atoms with Gasteiger partial charge in [0.15, 0.2) is 0 Å². The van der Waals surface area contributed by atoms with Crippen LogP contribution in [0.15, 0.2) is 0 Å². The van der Waals surface area contributed by atoms with E-state index in [0.29, 0.717) is 0 Å². The van der Waals surface area contributed by atoms with Crippen LogP contribution in [-0.2, 0) is 80.0 Å². The Kier molecular flexibility index (Phi) is 43.1. The van der Waals surface area contributed by atoms with Gasteiger partial charge < -0.3 is 69.6 Å². The zero-order valence-electron chi connectivity index (χ0n) is 16.7. The van der Waals surface area contributed by atoms with Crippen molar-refractivity contribution in [1.82, 2.24) is 0 Å². The van der Waals surface area contributed by atoms with Crippen molar-refractivity contribution in [1.29, 1.82) is 0 Å². The number of hydrogen-bond acceptors (Lipinski definition) is 14. The standard InChI is InChI=1S/2C6H8O7.3Fe.3Na/c2*7-3(8)1-6(13,5(11)12)2-4(9)10;;;;;;/h2*13H,1-2H2,(H,7,8)(H,9,10)(H,11,12);;;;;;/q;;;;;3*+1/p-6. The summed E-state index contributed by atoms with van der Waals surface area (Å²) >= 11 is 0. The third-order valence-electron chi connectivity index (χ3n) is 2.51. The van der Waals surface area contributed by atoms with Crippen molar-refractivity contribution in [3.05, 3.63) is 0 Å². The number of carbonyl (C=O) groups is 6. The number of aliphatic carboxylic acids is 6. The van der Waals surface area contributed by atoms with E-state index in [0.717, 1.165) is 0 Å². The van der Waals surface area contributed by atoms with Gasteiger partial charge in [0.2, 0.25) is 0 Å². The molecule has 0 aromatic carbocycles. The van der Waals surface area contributed by atoms with Crippen molar-refractivity contribution in [2.45, 2.75) is 36.9 Å². The molecule has 20 heteroatoms. The Morgan fingerprint density at radius 2 is 0.594 bits per heavy atom. The van der Waals surface area contributed by atoms with Crippen LogP contribution in [0.5, 0.6) is 0 Å². The van der Waals surface area contributed by atoms with Gasteiger partial charge in [0, 0.05) is 101 Å². The van der Waals surface area contributed by atoms with Gasteiger partial charge in [0.1, 0.15) is 11.2 Å². The largest absolute Gasteiger partial charge is 1.00 e. The van der Waals surface area contributed by atoms with Crippen molar-refractivity contribution in [2.24, 2.45) is 0 Å². The Morgan fingerprint density at radius 1 is 0.469 bits per heavy atom. The third-order valence-corrected chi connectivity index (χ3v) is 2.51. The summed E-state index contributed by atoms with van der Waals surface area (Å²) in [5.41, 5.74) is -5.95. The van der Waals surface area contributed by atoms with Gasteiger partial charge in [0.25, 0.3) is 0 Å². The molecular weight excluding hydrogens is 605 g/mol. The van der Waals surface area contributed by atoms with Crippen LogP contribution in [0.4, 0.5) is 0 Å². The van der Waals surface area contributed by atoms with Gasteiger partial charge >= 0.3 is 88.7 Å². The van der Waals surface area contributed by atoms with Crippen LogP contribution < -0.4 is 119 Å². The molecule has 0 saturated heterocycles. The first kappa shape index (κ1) is 54.3. The Balaban J connectivity index is -0.0000000505. The maximum atomic E-state index is 10.1. The molecule has 32 heavy (non-hydrogen) atoms. The Morgan fingerprint density at radius 3 is 0.656 bits per heavy atom. The second-order valence-electron chi connectivity index (χ2n) is 4.83. The van der Waals surface area contributed by atoms with Gasteiger partial charge in [0.05, 0.1) is 11.9 Å². The molecule has 0 rings (SSSR count). The predicted molar refractivity (Wildman–Crippen MR) is 58.4 cm³/mol. The second-order valence-corrected chi connectivity index (χ2v) is 4.83. The summed E-state index contributed by atoms with van der Waals surface area (Å²) in [5.74, 6) is -12.0. The fourth-order valence-corrected chi connectivity index (χ4v) is 1.37. The Hall–Kier alpha value is 1.30. The van der Waals surface area contributed by atoms with Gasteiger partial charge in [-0.05, 0) is 0 Å². The molecule has 2 N–H and O–H groups in total. The first-order valence-electron chi connectivity index (χ1n) is 6.23. The van der Waals surface area contributed by atoms with E-state index < -0.39 is 72.7 Å². The van der Waals surface area contributed by atoms with Crippen LogP contribution in [0.2, 0.25) is 0 Å². The maximum absolute atomic E-state index is 10.1. The Bertz CT molecular complexity index is 535. The monoisotopic (exact) mass is 615 g/mol. The summed E-state index contributed by atoms with van der Waals surface area (Å²) in [6.07, 6.45) is -5.43. The zero-order valence-corrected chi connectivity index (χ0v) is 26.0. The predicted octanol–water partition coefficient (Wildman–Crippen LogP) is -19.5. The number of rotatable bonds is 10. The van der Waals surface area contributed by atoms with Crippen molar-refractivity contribution in [3.63, 3.8) is 0 Å². The van der Waals surface area contributed by atoms with Gasteiger partial charge in [-0.2, -0.15) is 0 Å². The van der Waals surface area contributed by atoms with Gasteiger partial charge in [-0.25, -0.2) is 0 Å². The van der Waals surface area contributed by atoms with Crippen LogP contribution in [-0.4, -0.2) is 57.2 Å². The minimum atomic E-state index is -2.97.